The summed E-state index contributed by atoms with van der Waals surface area (Å²) in [7, 11) is 0. The summed E-state index contributed by atoms with van der Waals surface area (Å²) in [4.78, 5) is 9.64. The third-order valence-electron chi connectivity index (χ3n) is 2.34. The highest BCUT2D eigenvalue weighted by molar-refractivity contribution is 9.10. The Morgan fingerprint density at radius 3 is 3.00 bits per heavy atom. The lowest BCUT2D eigenvalue weighted by molar-refractivity contribution is 1.03. The van der Waals surface area contributed by atoms with Gasteiger partial charge >= 0.3 is 0 Å². The highest BCUT2D eigenvalue weighted by Crippen LogP contribution is 2.19. The van der Waals surface area contributed by atoms with E-state index in [2.05, 4.69) is 49.6 Å². The fourth-order valence-corrected chi connectivity index (χ4v) is 2.83. The average Bonchev–Trinajstić information content (AvgIpc) is 2.72. The number of rotatable bonds is 4. The number of aromatic nitrogens is 2. The van der Waals surface area contributed by atoms with E-state index in [4.69, 9.17) is 5.73 Å². The topological polar surface area (TPSA) is 63.8 Å². The van der Waals surface area contributed by atoms with Crippen molar-refractivity contribution in [3.63, 3.8) is 0 Å². The predicted octanol–water partition coefficient (Wildman–Crippen LogP) is 3.06. The van der Waals surface area contributed by atoms with E-state index in [1.165, 1.54) is 10.4 Å². The zero-order valence-electron chi connectivity index (χ0n) is 9.40. The summed E-state index contributed by atoms with van der Waals surface area (Å²) in [5, 5.41) is 5.28. The van der Waals surface area contributed by atoms with Gasteiger partial charge in [0.25, 0.3) is 0 Å². The SMILES string of the molecule is CCc1ccsc1CNc1nc(N)cc(Br)n1. The first-order chi connectivity index (χ1) is 8.19. The largest absolute Gasteiger partial charge is 0.383 e. The molecule has 0 amide bonds. The zero-order valence-corrected chi connectivity index (χ0v) is 11.8. The Kier molecular flexibility index (Phi) is 3.96. The number of nitrogens with two attached hydrogens (primary N) is 1. The summed E-state index contributed by atoms with van der Waals surface area (Å²) in [6.07, 6.45) is 1.04. The molecule has 0 aromatic carbocycles. The normalized spacial score (nSPS) is 10.5. The maximum Gasteiger partial charge on any atom is 0.226 e. The van der Waals surface area contributed by atoms with E-state index in [0.717, 1.165) is 13.0 Å². The second-order valence-corrected chi connectivity index (χ2v) is 5.33. The van der Waals surface area contributed by atoms with Gasteiger partial charge in [0.2, 0.25) is 5.95 Å². The smallest absolute Gasteiger partial charge is 0.226 e. The second-order valence-electron chi connectivity index (χ2n) is 3.52. The van der Waals surface area contributed by atoms with Crippen LogP contribution in [0.2, 0.25) is 0 Å². The molecule has 0 unspecified atom stereocenters. The Morgan fingerprint density at radius 1 is 1.47 bits per heavy atom. The van der Waals surface area contributed by atoms with Gasteiger partial charge in [-0.25, -0.2) is 4.98 Å². The minimum absolute atomic E-state index is 0.455. The molecule has 0 atom stereocenters. The molecule has 0 bridgehead atoms. The van der Waals surface area contributed by atoms with Crippen LogP contribution in [0.25, 0.3) is 0 Å². The Hall–Kier alpha value is -1.14. The molecule has 0 aliphatic heterocycles. The molecular formula is C11H13BrN4S. The monoisotopic (exact) mass is 312 g/mol. The minimum Gasteiger partial charge on any atom is -0.383 e. The van der Waals surface area contributed by atoms with Crippen molar-refractivity contribution in [3.05, 3.63) is 32.6 Å². The van der Waals surface area contributed by atoms with E-state index < -0.39 is 0 Å². The van der Waals surface area contributed by atoms with Crippen LogP contribution in [0.5, 0.6) is 0 Å². The first-order valence-electron chi connectivity index (χ1n) is 5.28. The molecule has 2 aromatic rings. The molecule has 0 saturated carbocycles. The van der Waals surface area contributed by atoms with Gasteiger partial charge in [-0.3, -0.25) is 0 Å². The second kappa shape index (κ2) is 5.46. The molecule has 3 N–H and O–H groups in total. The van der Waals surface area contributed by atoms with Gasteiger partial charge in [0, 0.05) is 10.9 Å². The molecule has 0 spiro atoms. The van der Waals surface area contributed by atoms with Crippen molar-refractivity contribution in [2.45, 2.75) is 19.9 Å². The molecule has 4 nitrogen and oxygen atoms in total. The van der Waals surface area contributed by atoms with Crippen LogP contribution in [0.1, 0.15) is 17.4 Å². The highest BCUT2D eigenvalue weighted by atomic mass is 79.9. The Balaban J connectivity index is 2.07. The Bertz CT molecular complexity index is 492. The van der Waals surface area contributed by atoms with Gasteiger partial charge in [0.15, 0.2) is 0 Å². The number of thiophene rings is 1. The lowest BCUT2D eigenvalue weighted by atomic mass is 10.2. The van der Waals surface area contributed by atoms with E-state index in [1.807, 2.05) is 0 Å². The number of halogens is 1. The molecule has 2 rings (SSSR count). The van der Waals surface area contributed by atoms with Gasteiger partial charge < -0.3 is 11.1 Å². The highest BCUT2D eigenvalue weighted by Gasteiger charge is 2.04. The molecule has 0 aliphatic carbocycles. The van der Waals surface area contributed by atoms with Gasteiger partial charge in [-0.1, -0.05) is 6.92 Å². The summed E-state index contributed by atoms with van der Waals surface area (Å²) >= 11 is 5.03. The van der Waals surface area contributed by atoms with E-state index in [1.54, 1.807) is 17.4 Å². The van der Waals surface area contributed by atoms with Gasteiger partial charge in [-0.15, -0.1) is 11.3 Å². The van der Waals surface area contributed by atoms with Crippen molar-refractivity contribution in [1.29, 1.82) is 0 Å². The first kappa shape index (κ1) is 12.3. The van der Waals surface area contributed by atoms with Crippen molar-refractivity contribution >= 4 is 39.0 Å². The molecule has 2 aromatic heterocycles. The molecular weight excluding hydrogens is 300 g/mol. The summed E-state index contributed by atoms with van der Waals surface area (Å²) in [5.74, 6) is 1.00. The average molecular weight is 313 g/mol. The molecule has 2 heterocycles. The molecule has 6 heteroatoms. The maximum absolute atomic E-state index is 5.65. The molecule has 0 aliphatic rings. The van der Waals surface area contributed by atoms with Crippen LogP contribution < -0.4 is 11.1 Å². The van der Waals surface area contributed by atoms with Crippen LogP contribution in [0.15, 0.2) is 22.1 Å². The van der Waals surface area contributed by atoms with Crippen LogP contribution in [0.3, 0.4) is 0 Å². The molecule has 0 fully saturated rings. The third-order valence-corrected chi connectivity index (χ3v) is 3.71. The summed E-state index contributed by atoms with van der Waals surface area (Å²) < 4.78 is 0.689. The fraction of sp³-hybridized carbons (Fsp3) is 0.273. The minimum atomic E-state index is 0.455. The van der Waals surface area contributed by atoms with Gasteiger partial charge in [0.05, 0.1) is 6.54 Å². The maximum atomic E-state index is 5.65. The molecule has 90 valence electrons. The van der Waals surface area contributed by atoms with Crippen molar-refractivity contribution in [3.8, 4) is 0 Å². The number of hydrogen-bond acceptors (Lipinski definition) is 5. The number of anilines is 2. The molecule has 0 radical (unpaired) electrons. The third kappa shape index (κ3) is 3.17. The van der Waals surface area contributed by atoms with E-state index in [0.29, 0.717) is 16.4 Å². The van der Waals surface area contributed by atoms with E-state index >= 15 is 0 Å². The van der Waals surface area contributed by atoms with Crippen LogP contribution >= 0.6 is 27.3 Å². The lowest BCUT2D eigenvalue weighted by Gasteiger charge is -2.06. The Labute approximate surface area is 112 Å². The Morgan fingerprint density at radius 2 is 2.29 bits per heavy atom. The standard InChI is InChI=1S/C11H13BrN4S/c1-2-7-3-4-17-8(7)6-14-11-15-9(12)5-10(13)16-11/h3-5H,2,6H2,1H3,(H3,13,14,15,16). The quantitative estimate of drug-likeness (QED) is 0.852. The van der Waals surface area contributed by atoms with Gasteiger partial charge in [-0.05, 0) is 39.4 Å². The number of aryl methyl sites for hydroxylation is 1. The van der Waals surface area contributed by atoms with Crippen molar-refractivity contribution < 1.29 is 0 Å². The van der Waals surface area contributed by atoms with Crippen LogP contribution in [0, 0.1) is 0 Å². The number of nitrogen functional groups attached to an aromatic ring is 1. The molecule has 17 heavy (non-hydrogen) atoms. The van der Waals surface area contributed by atoms with Gasteiger partial charge in [-0.2, -0.15) is 4.98 Å². The van der Waals surface area contributed by atoms with Crippen LogP contribution in [-0.4, -0.2) is 9.97 Å². The van der Waals surface area contributed by atoms with Crippen LogP contribution in [0.4, 0.5) is 11.8 Å². The van der Waals surface area contributed by atoms with Gasteiger partial charge in [0.1, 0.15) is 10.4 Å². The van der Waals surface area contributed by atoms with E-state index in [9.17, 15) is 0 Å². The summed E-state index contributed by atoms with van der Waals surface area (Å²) in [5.41, 5.74) is 7.01. The first-order valence-corrected chi connectivity index (χ1v) is 6.95. The zero-order chi connectivity index (χ0) is 12.3. The summed E-state index contributed by atoms with van der Waals surface area (Å²) in [6.45, 7) is 2.88. The fourth-order valence-electron chi connectivity index (χ4n) is 1.51. The predicted molar refractivity (Wildman–Crippen MR) is 75.2 cm³/mol. The summed E-state index contributed by atoms with van der Waals surface area (Å²) in [6, 6.07) is 3.83. The number of nitrogens with one attached hydrogen (secondary N) is 1. The lowest BCUT2D eigenvalue weighted by Crippen LogP contribution is -2.05. The van der Waals surface area contributed by atoms with Crippen molar-refractivity contribution in [2.24, 2.45) is 0 Å². The van der Waals surface area contributed by atoms with Crippen molar-refractivity contribution in [1.82, 2.24) is 9.97 Å². The van der Waals surface area contributed by atoms with E-state index in [-0.39, 0.29) is 0 Å². The number of hydrogen-bond donors (Lipinski definition) is 2. The number of nitrogens with zero attached hydrogens (tertiary/aromatic N) is 2. The van der Waals surface area contributed by atoms with Crippen LogP contribution in [-0.2, 0) is 13.0 Å². The molecule has 0 saturated heterocycles. The van der Waals surface area contributed by atoms with Crippen molar-refractivity contribution in [2.75, 3.05) is 11.1 Å².